The summed E-state index contributed by atoms with van der Waals surface area (Å²) in [5, 5.41) is 11.0. The number of benzene rings is 1. The molecule has 0 spiro atoms. The van der Waals surface area contributed by atoms with Gasteiger partial charge in [0.2, 0.25) is 0 Å². The molecule has 0 fully saturated rings. The van der Waals surface area contributed by atoms with E-state index in [4.69, 9.17) is 14.2 Å². The Bertz CT molecular complexity index is 493. The van der Waals surface area contributed by atoms with Crippen LogP contribution in [-0.4, -0.2) is 32.4 Å². The number of esters is 1. The van der Waals surface area contributed by atoms with Gasteiger partial charge in [-0.15, -0.1) is 0 Å². The van der Waals surface area contributed by atoms with Crippen LogP contribution in [0.5, 0.6) is 11.5 Å². The fourth-order valence-electron chi connectivity index (χ4n) is 2.66. The summed E-state index contributed by atoms with van der Waals surface area (Å²) in [6.45, 7) is 5.33. The summed E-state index contributed by atoms with van der Waals surface area (Å²) >= 11 is 0. The van der Waals surface area contributed by atoms with Gasteiger partial charge in [0.25, 0.3) is 0 Å². The van der Waals surface area contributed by atoms with Crippen LogP contribution in [0.2, 0.25) is 0 Å². The highest BCUT2D eigenvalue weighted by molar-refractivity contribution is 5.74. The van der Waals surface area contributed by atoms with E-state index in [0.717, 1.165) is 0 Å². The normalized spacial score (nSPS) is 15.2. The van der Waals surface area contributed by atoms with Crippen LogP contribution in [0.3, 0.4) is 0 Å². The highest BCUT2D eigenvalue weighted by Gasteiger charge is 2.43. The highest BCUT2D eigenvalue weighted by atomic mass is 16.5. The summed E-state index contributed by atoms with van der Waals surface area (Å²) in [5.41, 5.74) is -0.895. The first-order valence-corrected chi connectivity index (χ1v) is 6.82. The predicted octanol–water partition coefficient (Wildman–Crippen LogP) is 2.36. The number of carbonyl (C=O) groups is 1. The number of carbonyl (C=O) groups excluding carboxylic acids is 1. The number of rotatable bonds is 6. The van der Waals surface area contributed by atoms with Gasteiger partial charge in [0, 0.05) is 11.6 Å². The first kappa shape index (κ1) is 17.3. The number of ether oxygens (including phenoxy) is 3. The van der Waals surface area contributed by atoms with Crippen molar-refractivity contribution in [2.45, 2.75) is 26.4 Å². The molecule has 0 radical (unpaired) electrons. The lowest BCUT2D eigenvalue weighted by Gasteiger charge is -2.34. The molecule has 2 unspecified atom stereocenters. The zero-order valence-electron chi connectivity index (χ0n) is 13.5. The van der Waals surface area contributed by atoms with Crippen molar-refractivity contribution in [1.29, 1.82) is 0 Å². The van der Waals surface area contributed by atoms with Crippen LogP contribution in [0.1, 0.15) is 26.3 Å². The van der Waals surface area contributed by atoms with Gasteiger partial charge in [0.1, 0.15) is 17.1 Å². The first-order chi connectivity index (χ1) is 9.79. The van der Waals surface area contributed by atoms with Crippen LogP contribution in [0.25, 0.3) is 0 Å². The third kappa shape index (κ3) is 3.47. The largest absolute Gasteiger partial charge is 0.497 e. The summed E-state index contributed by atoms with van der Waals surface area (Å²) in [7, 11) is 4.38. The molecule has 0 heterocycles. The van der Waals surface area contributed by atoms with Gasteiger partial charge in [0.05, 0.1) is 27.2 Å². The second-order valence-corrected chi connectivity index (χ2v) is 5.46. The maximum atomic E-state index is 12.0. The molecule has 5 heteroatoms. The molecule has 1 aromatic carbocycles. The summed E-state index contributed by atoms with van der Waals surface area (Å²) in [6, 6.07) is 5.11. The Morgan fingerprint density at radius 1 is 1.19 bits per heavy atom. The van der Waals surface area contributed by atoms with Gasteiger partial charge in [-0.1, -0.05) is 13.8 Å². The molecule has 0 aliphatic rings. The van der Waals surface area contributed by atoms with Gasteiger partial charge < -0.3 is 19.3 Å². The Kier molecular flexibility index (Phi) is 5.61. The standard InChI is InChI=1S/C16H24O5/c1-10(2)14(15(17)21-6)16(3,18)12-8-7-11(19-4)9-13(12)20-5/h7-10,14,18H,1-6H3. The molecule has 0 saturated carbocycles. The fourth-order valence-corrected chi connectivity index (χ4v) is 2.66. The lowest BCUT2D eigenvalue weighted by molar-refractivity contribution is -0.159. The van der Waals surface area contributed by atoms with Crippen LogP contribution in [0, 0.1) is 11.8 Å². The topological polar surface area (TPSA) is 65.0 Å². The Morgan fingerprint density at radius 3 is 2.24 bits per heavy atom. The molecule has 1 rings (SSSR count). The molecule has 0 amide bonds. The molecule has 0 aromatic heterocycles. The third-order valence-corrected chi connectivity index (χ3v) is 3.68. The first-order valence-electron chi connectivity index (χ1n) is 6.82. The van der Waals surface area contributed by atoms with E-state index >= 15 is 0 Å². The maximum absolute atomic E-state index is 12.0. The monoisotopic (exact) mass is 296 g/mol. The minimum Gasteiger partial charge on any atom is -0.497 e. The van der Waals surface area contributed by atoms with E-state index in [2.05, 4.69) is 0 Å². The number of methoxy groups -OCH3 is 3. The van der Waals surface area contributed by atoms with E-state index in [9.17, 15) is 9.90 Å². The summed E-state index contributed by atoms with van der Waals surface area (Å²) < 4.78 is 15.3. The van der Waals surface area contributed by atoms with Crippen LogP contribution >= 0.6 is 0 Å². The molecule has 1 N–H and O–H groups in total. The van der Waals surface area contributed by atoms with Crippen LogP contribution in [0.4, 0.5) is 0 Å². The third-order valence-electron chi connectivity index (χ3n) is 3.68. The Balaban J connectivity index is 3.36. The Hall–Kier alpha value is -1.75. The molecule has 21 heavy (non-hydrogen) atoms. The van der Waals surface area contributed by atoms with Crippen molar-refractivity contribution in [2.24, 2.45) is 11.8 Å². The molecular formula is C16H24O5. The van der Waals surface area contributed by atoms with Crippen molar-refractivity contribution >= 4 is 5.97 Å². The minimum absolute atomic E-state index is 0.0979. The second kappa shape index (κ2) is 6.80. The zero-order valence-corrected chi connectivity index (χ0v) is 13.5. The van der Waals surface area contributed by atoms with E-state index in [1.54, 1.807) is 32.2 Å². The smallest absolute Gasteiger partial charge is 0.312 e. The molecule has 0 saturated heterocycles. The van der Waals surface area contributed by atoms with Crippen LogP contribution < -0.4 is 9.47 Å². The van der Waals surface area contributed by atoms with Gasteiger partial charge in [-0.3, -0.25) is 4.79 Å². The minimum atomic E-state index is -1.42. The summed E-state index contributed by atoms with van der Waals surface area (Å²) in [5.74, 6) is -0.170. The Labute approximate surface area is 125 Å². The van der Waals surface area contributed by atoms with Crippen molar-refractivity contribution in [3.8, 4) is 11.5 Å². The van der Waals surface area contributed by atoms with E-state index < -0.39 is 17.5 Å². The number of aliphatic hydroxyl groups is 1. The lowest BCUT2D eigenvalue weighted by Crippen LogP contribution is -2.41. The van der Waals surface area contributed by atoms with Crippen molar-refractivity contribution in [3.05, 3.63) is 23.8 Å². The van der Waals surface area contributed by atoms with Crippen molar-refractivity contribution in [3.63, 3.8) is 0 Å². The molecule has 0 aliphatic heterocycles. The van der Waals surface area contributed by atoms with Crippen molar-refractivity contribution < 1.29 is 24.1 Å². The number of hydrogen-bond acceptors (Lipinski definition) is 5. The van der Waals surface area contributed by atoms with E-state index in [1.165, 1.54) is 14.2 Å². The van der Waals surface area contributed by atoms with E-state index in [1.807, 2.05) is 13.8 Å². The quantitative estimate of drug-likeness (QED) is 0.816. The molecule has 5 nitrogen and oxygen atoms in total. The SMILES string of the molecule is COC(=O)C(C(C)C)C(C)(O)c1ccc(OC)cc1OC. The van der Waals surface area contributed by atoms with Crippen LogP contribution in [-0.2, 0) is 15.1 Å². The molecule has 0 bridgehead atoms. The van der Waals surface area contributed by atoms with Gasteiger partial charge in [-0.05, 0) is 25.0 Å². The van der Waals surface area contributed by atoms with Gasteiger partial charge in [-0.2, -0.15) is 0 Å². The molecule has 118 valence electrons. The maximum Gasteiger partial charge on any atom is 0.312 e. The van der Waals surface area contributed by atoms with Gasteiger partial charge >= 0.3 is 5.97 Å². The predicted molar refractivity (Wildman–Crippen MR) is 79.5 cm³/mol. The van der Waals surface area contributed by atoms with Gasteiger partial charge in [-0.25, -0.2) is 0 Å². The average Bonchev–Trinajstić information content (AvgIpc) is 2.45. The Morgan fingerprint density at radius 2 is 1.81 bits per heavy atom. The molecular weight excluding hydrogens is 272 g/mol. The average molecular weight is 296 g/mol. The molecule has 1 aromatic rings. The van der Waals surface area contributed by atoms with E-state index in [-0.39, 0.29) is 5.92 Å². The van der Waals surface area contributed by atoms with Crippen molar-refractivity contribution in [2.75, 3.05) is 21.3 Å². The zero-order chi connectivity index (χ0) is 16.2. The molecule has 2 atom stereocenters. The van der Waals surface area contributed by atoms with Crippen molar-refractivity contribution in [1.82, 2.24) is 0 Å². The fraction of sp³-hybridized carbons (Fsp3) is 0.562. The number of hydrogen-bond donors (Lipinski definition) is 1. The van der Waals surface area contributed by atoms with Crippen LogP contribution in [0.15, 0.2) is 18.2 Å². The second-order valence-electron chi connectivity index (χ2n) is 5.46. The molecule has 0 aliphatic carbocycles. The lowest BCUT2D eigenvalue weighted by atomic mass is 9.76. The van der Waals surface area contributed by atoms with Gasteiger partial charge in [0.15, 0.2) is 0 Å². The summed E-state index contributed by atoms with van der Waals surface area (Å²) in [4.78, 5) is 12.0. The van der Waals surface area contributed by atoms with E-state index in [0.29, 0.717) is 17.1 Å². The summed E-state index contributed by atoms with van der Waals surface area (Å²) in [6.07, 6.45) is 0. The highest BCUT2D eigenvalue weighted by Crippen LogP contribution is 2.40.